The van der Waals surface area contributed by atoms with E-state index in [1.807, 2.05) is 36.4 Å². The molecule has 1 aliphatic carbocycles. The Bertz CT molecular complexity index is 1180. The Balaban J connectivity index is 1.54. The van der Waals surface area contributed by atoms with E-state index in [1.165, 1.54) is 17.3 Å². The van der Waals surface area contributed by atoms with E-state index >= 15 is 0 Å². The molecular formula is C24H19BrCl2N2O2S. The predicted octanol–water partition coefficient (Wildman–Crippen LogP) is 8.05. The van der Waals surface area contributed by atoms with Crippen LogP contribution in [-0.2, 0) is 0 Å². The van der Waals surface area contributed by atoms with Crippen LogP contribution in [0.4, 0.5) is 11.4 Å². The van der Waals surface area contributed by atoms with E-state index in [9.17, 15) is 10.1 Å². The number of benzene rings is 3. The van der Waals surface area contributed by atoms with E-state index in [0.717, 1.165) is 22.1 Å². The number of rotatable bonds is 4. The van der Waals surface area contributed by atoms with E-state index < -0.39 is 0 Å². The highest BCUT2D eigenvalue weighted by atomic mass is 79.9. The molecule has 0 unspecified atom stereocenters. The van der Waals surface area contributed by atoms with Crippen molar-refractivity contribution in [3.63, 3.8) is 0 Å². The summed E-state index contributed by atoms with van der Waals surface area (Å²) in [6, 6.07) is 21.2. The minimum atomic E-state index is -0.325. The summed E-state index contributed by atoms with van der Waals surface area (Å²) in [5, 5.41) is 15.8. The lowest BCUT2D eigenvalue weighted by molar-refractivity contribution is -0.387. The topological polar surface area (TPSA) is 55.2 Å². The Morgan fingerprint density at radius 1 is 1.06 bits per heavy atom. The molecule has 2 aliphatic rings. The van der Waals surface area contributed by atoms with Gasteiger partial charge in [-0.05, 0) is 47.7 Å². The zero-order chi connectivity index (χ0) is 22.4. The summed E-state index contributed by atoms with van der Waals surface area (Å²) in [6.07, 6.45) is 0.842. The van der Waals surface area contributed by atoms with Gasteiger partial charge in [0.2, 0.25) is 0 Å². The molecule has 1 fully saturated rings. The van der Waals surface area contributed by atoms with Crippen LogP contribution in [0.15, 0.2) is 76.1 Å². The SMILES string of the molecule is O=[N+]([O-])c1ccccc1S[C@H]1C[C@H]2[C@H](c3cccc(Cl)c3N[C@H]2c2ccc(Br)cc2)[C@@H]1Cl. The largest absolute Gasteiger partial charge is 0.376 e. The predicted molar refractivity (Wildman–Crippen MR) is 135 cm³/mol. The maximum Gasteiger partial charge on any atom is 0.282 e. The molecule has 1 aliphatic heterocycles. The Hall–Kier alpha value is -1.73. The summed E-state index contributed by atoms with van der Waals surface area (Å²) in [6.45, 7) is 0. The first-order chi connectivity index (χ1) is 15.4. The number of anilines is 1. The highest BCUT2D eigenvalue weighted by Crippen LogP contribution is 2.58. The van der Waals surface area contributed by atoms with Crippen LogP contribution in [-0.4, -0.2) is 15.6 Å². The average Bonchev–Trinajstić information content (AvgIpc) is 3.11. The van der Waals surface area contributed by atoms with Crippen molar-refractivity contribution < 1.29 is 4.92 Å². The molecule has 0 radical (unpaired) electrons. The van der Waals surface area contributed by atoms with Crippen molar-refractivity contribution in [3.8, 4) is 0 Å². The first kappa shape index (κ1) is 22.1. The van der Waals surface area contributed by atoms with Gasteiger partial charge < -0.3 is 5.32 Å². The second-order valence-corrected chi connectivity index (χ2v) is 11.2. The van der Waals surface area contributed by atoms with Crippen LogP contribution in [0, 0.1) is 16.0 Å². The van der Waals surface area contributed by atoms with Crippen LogP contribution in [0.5, 0.6) is 0 Å². The van der Waals surface area contributed by atoms with Gasteiger partial charge in [0, 0.05) is 21.7 Å². The zero-order valence-electron chi connectivity index (χ0n) is 16.8. The highest BCUT2D eigenvalue weighted by molar-refractivity contribution is 9.10. The van der Waals surface area contributed by atoms with Crippen molar-refractivity contribution in [1.82, 2.24) is 0 Å². The molecular weight excluding hydrogens is 531 g/mol. The molecule has 5 atom stereocenters. The molecule has 3 aromatic carbocycles. The van der Waals surface area contributed by atoms with Gasteiger partial charge in [0.05, 0.1) is 31.9 Å². The number of fused-ring (bicyclic) bond motifs is 3. The normalized spacial score (nSPS) is 26.2. The third kappa shape index (κ3) is 3.92. The fourth-order valence-electron chi connectivity index (χ4n) is 4.98. The third-order valence-corrected chi connectivity index (χ3v) is 9.32. The molecule has 0 amide bonds. The fourth-order valence-corrected chi connectivity index (χ4v) is 7.42. The lowest BCUT2D eigenvalue weighted by Gasteiger charge is -2.38. The Kier molecular flexibility index (Phi) is 6.14. The molecule has 0 aromatic heterocycles. The summed E-state index contributed by atoms with van der Waals surface area (Å²) < 4.78 is 1.03. The number of nitrogens with one attached hydrogen (secondary N) is 1. The first-order valence-corrected chi connectivity index (χ1v) is 12.8. The van der Waals surface area contributed by atoms with Crippen LogP contribution < -0.4 is 5.32 Å². The average molecular weight is 550 g/mol. The Labute approximate surface area is 209 Å². The van der Waals surface area contributed by atoms with Crippen LogP contribution in [0.25, 0.3) is 0 Å². The van der Waals surface area contributed by atoms with Crippen molar-refractivity contribution in [2.75, 3.05) is 5.32 Å². The molecule has 4 nitrogen and oxygen atoms in total. The molecule has 8 heteroatoms. The molecule has 164 valence electrons. The number of nitrogens with zero attached hydrogens (tertiary/aromatic N) is 1. The van der Waals surface area contributed by atoms with E-state index in [4.69, 9.17) is 23.2 Å². The molecule has 0 saturated heterocycles. The summed E-state index contributed by atoms with van der Waals surface area (Å²) in [7, 11) is 0. The number of thioether (sulfide) groups is 1. The van der Waals surface area contributed by atoms with Gasteiger partial charge in [-0.3, -0.25) is 10.1 Å². The van der Waals surface area contributed by atoms with Gasteiger partial charge in [-0.1, -0.05) is 63.9 Å². The van der Waals surface area contributed by atoms with Gasteiger partial charge >= 0.3 is 0 Å². The molecule has 1 N–H and O–H groups in total. The van der Waals surface area contributed by atoms with Crippen molar-refractivity contribution in [2.45, 2.75) is 33.9 Å². The lowest BCUT2D eigenvalue weighted by atomic mass is 9.77. The van der Waals surface area contributed by atoms with Gasteiger partial charge in [0.25, 0.3) is 5.69 Å². The Morgan fingerprint density at radius 3 is 2.56 bits per heavy atom. The monoisotopic (exact) mass is 548 g/mol. The fraction of sp³-hybridized carbons (Fsp3) is 0.250. The van der Waals surface area contributed by atoms with Gasteiger partial charge in [-0.25, -0.2) is 0 Å². The number of alkyl halides is 1. The van der Waals surface area contributed by atoms with Gasteiger partial charge in [0.1, 0.15) is 0 Å². The minimum absolute atomic E-state index is 0.0393. The number of hydrogen-bond acceptors (Lipinski definition) is 4. The number of nitro benzene ring substituents is 1. The summed E-state index contributed by atoms with van der Waals surface area (Å²) in [4.78, 5) is 11.9. The second-order valence-electron chi connectivity index (χ2n) is 8.13. The molecule has 5 rings (SSSR count). The molecule has 0 spiro atoms. The van der Waals surface area contributed by atoms with Crippen LogP contribution in [0.3, 0.4) is 0 Å². The summed E-state index contributed by atoms with van der Waals surface area (Å²) in [5.74, 6) is 0.338. The van der Waals surface area contributed by atoms with Crippen LogP contribution >= 0.6 is 50.9 Å². The zero-order valence-corrected chi connectivity index (χ0v) is 20.7. The van der Waals surface area contributed by atoms with Crippen molar-refractivity contribution in [2.24, 2.45) is 5.92 Å². The van der Waals surface area contributed by atoms with Gasteiger partial charge in [-0.15, -0.1) is 23.4 Å². The number of para-hydroxylation sites is 2. The standard InChI is InChI=1S/C24H19BrCl2N2O2S/c25-14-10-8-13(9-11-14)23-16-12-20(32-19-7-2-1-6-18(19)29(30)31)22(27)21(16)15-4-3-5-17(26)24(15)28-23/h1-11,16,20-23,28H,12H2/t16-,20-,21-,22+,23-/m0/s1. The molecule has 0 bridgehead atoms. The smallest absolute Gasteiger partial charge is 0.282 e. The molecule has 1 heterocycles. The Morgan fingerprint density at radius 2 is 1.81 bits per heavy atom. The molecule has 32 heavy (non-hydrogen) atoms. The highest BCUT2D eigenvalue weighted by Gasteiger charge is 2.50. The van der Waals surface area contributed by atoms with Gasteiger partial charge in [0.15, 0.2) is 0 Å². The minimum Gasteiger partial charge on any atom is -0.376 e. The second kappa shape index (κ2) is 8.90. The van der Waals surface area contributed by atoms with E-state index in [1.54, 1.807) is 12.1 Å². The van der Waals surface area contributed by atoms with Crippen molar-refractivity contribution in [1.29, 1.82) is 0 Å². The third-order valence-electron chi connectivity index (χ3n) is 6.37. The van der Waals surface area contributed by atoms with Crippen LogP contribution in [0.2, 0.25) is 5.02 Å². The molecule has 1 saturated carbocycles. The maximum atomic E-state index is 11.5. The van der Waals surface area contributed by atoms with E-state index in [2.05, 4.69) is 39.4 Å². The number of hydrogen-bond donors (Lipinski definition) is 1. The van der Waals surface area contributed by atoms with Crippen LogP contribution in [0.1, 0.15) is 29.5 Å². The maximum absolute atomic E-state index is 11.5. The summed E-state index contributed by atoms with van der Waals surface area (Å²) >= 11 is 18.7. The molecule has 3 aromatic rings. The van der Waals surface area contributed by atoms with Gasteiger partial charge in [-0.2, -0.15) is 0 Å². The summed E-state index contributed by atoms with van der Waals surface area (Å²) in [5.41, 5.74) is 3.36. The van der Waals surface area contributed by atoms with Crippen molar-refractivity contribution >= 4 is 62.3 Å². The van der Waals surface area contributed by atoms with E-state index in [-0.39, 0.29) is 39.1 Å². The quantitative estimate of drug-likeness (QED) is 0.203. The number of nitro groups is 1. The first-order valence-electron chi connectivity index (χ1n) is 10.3. The van der Waals surface area contributed by atoms with Crippen molar-refractivity contribution in [3.05, 3.63) is 97.5 Å². The lowest BCUT2D eigenvalue weighted by Crippen LogP contribution is -2.31. The van der Waals surface area contributed by atoms with E-state index in [0.29, 0.717) is 9.92 Å². The number of halogens is 3.